The molecule has 0 bridgehead atoms. The molecule has 3 rings (SSSR count). The van der Waals surface area contributed by atoms with Crippen molar-refractivity contribution in [2.24, 2.45) is 0 Å². The molecule has 0 aliphatic heterocycles. The van der Waals surface area contributed by atoms with Gasteiger partial charge in [0, 0.05) is 0 Å². The number of nitrogens with one attached hydrogen (secondary N) is 1. The van der Waals surface area contributed by atoms with Gasteiger partial charge in [0.25, 0.3) is 0 Å². The summed E-state index contributed by atoms with van der Waals surface area (Å²) >= 11 is 6.19. The van der Waals surface area contributed by atoms with E-state index in [0.717, 1.165) is 6.42 Å². The average molecular weight is 415 g/mol. The van der Waals surface area contributed by atoms with Gasteiger partial charge >= 0.3 is 0 Å². The quantitative estimate of drug-likeness (QED) is 0.563. The Hall–Kier alpha value is -2.90. The summed E-state index contributed by atoms with van der Waals surface area (Å²) in [7, 11) is 1.57. The van der Waals surface area contributed by atoms with E-state index in [0.29, 0.717) is 46.9 Å². The molecular formula is C21H23ClN4O3. The van der Waals surface area contributed by atoms with Crippen LogP contribution in [0.15, 0.2) is 52.9 Å². The fourth-order valence-electron chi connectivity index (χ4n) is 2.92. The van der Waals surface area contributed by atoms with Crippen LogP contribution in [0.2, 0.25) is 5.02 Å². The van der Waals surface area contributed by atoms with E-state index < -0.39 is 0 Å². The number of rotatable bonds is 9. The van der Waals surface area contributed by atoms with Gasteiger partial charge in [0.1, 0.15) is 5.75 Å². The largest absolute Gasteiger partial charge is 0.495 e. The summed E-state index contributed by atoms with van der Waals surface area (Å²) in [4.78, 5) is 14.5. The van der Waals surface area contributed by atoms with E-state index in [1.165, 1.54) is 0 Å². The van der Waals surface area contributed by atoms with Crippen molar-refractivity contribution in [1.29, 1.82) is 0 Å². The Morgan fingerprint density at radius 2 is 1.93 bits per heavy atom. The predicted molar refractivity (Wildman–Crippen MR) is 112 cm³/mol. The highest BCUT2D eigenvalue weighted by Crippen LogP contribution is 2.26. The highest BCUT2D eigenvalue weighted by Gasteiger charge is 2.17. The van der Waals surface area contributed by atoms with Crippen LogP contribution in [0.5, 0.6) is 5.75 Å². The topological polar surface area (TPSA) is 80.5 Å². The Bertz CT molecular complexity index is 960. The fraction of sp³-hybridized carbons (Fsp3) is 0.286. The molecule has 2 aromatic carbocycles. The second-order valence-corrected chi connectivity index (χ2v) is 6.85. The van der Waals surface area contributed by atoms with Gasteiger partial charge in [-0.3, -0.25) is 9.69 Å². The van der Waals surface area contributed by atoms with E-state index in [-0.39, 0.29) is 12.5 Å². The maximum atomic E-state index is 12.5. The zero-order valence-electron chi connectivity index (χ0n) is 16.4. The molecule has 0 spiro atoms. The van der Waals surface area contributed by atoms with E-state index in [1.54, 1.807) is 25.3 Å². The number of amides is 1. The van der Waals surface area contributed by atoms with Gasteiger partial charge < -0.3 is 14.5 Å². The fourth-order valence-corrected chi connectivity index (χ4v) is 3.14. The summed E-state index contributed by atoms with van der Waals surface area (Å²) in [5.74, 6) is 1.26. The molecule has 1 amide bonds. The molecule has 7 nitrogen and oxygen atoms in total. The van der Waals surface area contributed by atoms with Crippen LogP contribution >= 0.6 is 11.6 Å². The number of hydrogen-bond donors (Lipinski definition) is 1. The molecule has 0 radical (unpaired) electrons. The Morgan fingerprint density at radius 1 is 1.17 bits per heavy atom. The molecule has 0 atom stereocenters. The zero-order chi connectivity index (χ0) is 20.6. The monoisotopic (exact) mass is 414 g/mol. The van der Waals surface area contributed by atoms with Crippen LogP contribution in [0, 0.1) is 0 Å². The van der Waals surface area contributed by atoms with Crippen molar-refractivity contribution < 1.29 is 13.9 Å². The van der Waals surface area contributed by atoms with Gasteiger partial charge in [0.15, 0.2) is 0 Å². The molecule has 8 heteroatoms. The predicted octanol–water partition coefficient (Wildman–Crippen LogP) is 4.25. The maximum Gasteiger partial charge on any atom is 0.249 e. The first-order chi connectivity index (χ1) is 14.1. The molecular weight excluding hydrogens is 392 g/mol. The van der Waals surface area contributed by atoms with Gasteiger partial charge in [-0.15, -0.1) is 10.2 Å². The molecule has 152 valence electrons. The molecule has 1 N–H and O–H groups in total. The number of carbonyl (C=O) groups excluding carboxylic acids is 1. The lowest BCUT2D eigenvalue weighted by Gasteiger charge is -2.19. The molecule has 0 aliphatic rings. The van der Waals surface area contributed by atoms with Crippen LogP contribution in [0.1, 0.15) is 19.2 Å². The minimum atomic E-state index is -0.145. The van der Waals surface area contributed by atoms with Crippen molar-refractivity contribution in [3.8, 4) is 17.2 Å². The summed E-state index contributed by atoms with van der Waals surface area (Å²) in [6.45, 7) is 3.32. The number of anilines is 1. The Kier molecular flexibility index (Phi) is 7.21. The smallest absolute Gasteiger partial charge is 0.249 e. The number of hydrogen-bond acceptors (Lipinski definition) is 6. The number of nitrogens with zero attached hydrogens (tertiary/aromatic N) is 3. The first kappa shape index (κ1) is 20.8. The second-order valence-electron chi connectivity index (χ2n) is 6.44. The molecule has 3 aromatic rings. The molecule has 0 saturated heterocycles. The lowest BCUT2D eigenvalue weighted by molar-refractivity contribution is -0.117. The lowest BCUT2D eigenvalue weighted by atomic mass is 10.2. The number of halogens is 1. The number of methoxy groups -OCH3 is 1. The minimum absolute atomic E-state index is 0.145. The van der Waals surface area contributed by atoms with E-state index in [1.807, 2.05) is 42.2 Å². The van der Waals surface area contributed by atoms with Crippen molar-refractivity contribution in [3.05, 3.63) is 59.4 Å². The third-order valence-electron chi connectivity index (χ3n) is 4.22. The summed E-state index contributed by atoms with van der Waals surface area (Å²) in [6, 6.07) is 14.6. The minimum Gasteiger partial charge on any atom is -0.495 e. The zero-order valence-corrected chi connectivity index (χ0v) is 17.1. The van der Waals surface area contributed by atoms with Crippen LogP contribution in [-0.2, 0) is 11.3 Å². The highest BCUT2D eigenvalue weighted by molar-refractivity contribution is 6.33. The summed E-state index contributed by atoms with van der Waals surface area (Å²) in [5, 5.41) is 11.6. The number of para-hydroxylation sites is 2. The van der Waals surface area contributed by atoms with Crippen molar-refractivity contribution in [2.75, 3.05) is 25.5 Å². The van der Waals surface area contributed by atoms with Gasteiger partial charge in [-0.25, -0.2) is 0 Å². The van der Waals surface area contributed by atoms with Crippen LogP contribution in [-0.4, -0.2) is 41.2 Å². The van der Waals surface area contributed by atoms with Crippen molar-refractivity contribution >= 4 is 23.2 Å². The molecule has 0 fully saturated rings. The first-order valence-corrected chi connectivity index (χ1v) is 9.71. The molecule has 0 aliphatic carbocycles. The molecule has 0 unspecified atom stereocenters. The van der Waals surface area contributed by atoms with Gasteiger partial charge in [-0.05, 0) is 37.2 Å². The van der Waals surface area contributed by atoms with Gasteiger partial charge in [-0.1, -0.05) is 42.8 Å². The average Bonchev–Trinajstić information content (AvgIpc) is 3.17. The third kappa shape index (κ3) is 5.56. The third-order valence-corrected chi connectivity index (χ3v) is 4.55. The highest BCUT2D eigenvalue weighted by atomic mass is 35.5. The summed E-state index contributed by atoms with van der Waals surface area (Å²) < 4.78 is 11.0. The van der Waals surface area contributed by atoms with E-state index >= 15 is 0 Å². The number of ether oxygens (including phenoxy) is 1. The van der Waals surface area contributed by atoms with E-state index in [2.05, 4.69) is 15.5 Å². The molecule has 29 heavy (non-hydrogen) atoms. The Morgan fingerprint density at radius 3 is 2.69 bits per heavy atom. The van der Waals surface area contributed by atoms with Gasteiger partial charge in [0.05, 0.1) is 36.5 Å². The maximum absolute atomic E-state index is 12.5. The van der Waals surface area contributed by atoms with Crippen molar-refractivity contribution in [2.45, 2.75) is 19.9 Å². The number of aromatic nitrogens is 2. The van der Waals surface area contributed by atoms with E-state index in [4.69, 9.17) is 20.8 Å². The second kappa shape index (κ2) is 10.0. The van der Waals surface area contributed by atoms with Crippen molar-refractivity contribution in [1.82, 2.24) is 15.1 Å². The molecule has 1 aromatic heterocycles. The van der Waals surface area contributed by atoms with Crippen LogP contribution in [0.4, 0.5) is 5.69 Å². The van der Waals surface area contributed by atoms with Crippen LogP contribution < -0.4 is 10.1 Å². The Balaban J connectivity index is 1.66. The van der Waals surface area contributed by atoms with Crippen molar-refractivity contribution in [3.63, 3.8) is 0 Å². The normalized spacial score (nSPS) is 10.9. The number of carbonyl (C=O) groups is 1. The molecule has 0 saturated carbocycles. The Labute approximate surface area is 174 Å². The molecule has 1 heterocycles. The first-order valence-electron chi connectivity index (χ1n) is 9.33. The van der Waals surface area contributed by atoms with E-state index in [9.17, 15) is 4.79 Å². The van der Waals surface area contributed by atoms with Crippen LogP contribution in [0.25, 0.3) is 11.5 Å². The van der Waals surface area contributed by atoms with Gasteiger partial charge in [-0.2, -0.15) is 0 Å². The summed E-state index contributed by atoms with van der Waals surface area (Å²) in [5.41, 5.74) is 1.32. The summed E-state index contributed by atoms with van der Waals surface area (Å²) in [6.07, 6.45) is 0.882. The standard InChI is InChI=1S/C21H23ClN4O3/c1-3-12-26(13-19(27)23-17-10-6-7-11-18(17)28-2)14-20-24-25-21(29-20)15-8-4-5-9-16(15)22/h4-11H,3,12-14H2,1-2H3,(H,23,27). The number of benzene rings is 2. The van der Waals surface area contributed by atoms with Crippen LogP contribution in [0.3, 0.4) is 0 Å². The van der Waals surface area contributed by atoms with Gasteiger partial charge in [0.2, 0.25) is 17.7 Å². The lowest BCUT2D eigenvalue weighted by Crippen LogP contribution is -2.33. The SMILES string of the molecule is CCCN(CC(=O)Nc1ccccc1OC)Cc1nnc(-c2ccccc2Cl)o1.